The minimum absolute atomic E-state index is 0.00974. The highest BCUT2D eigenvalue weighted by atomic mass is 32.2. The fourth-order valence-electron chi connectivity index (χ4n) is 9.12. The van der Waals surface area contributed by atoms with Crippen LogP contribution in [-0.2, 0) is 14.3 Å². The van der Waals surface area contributed by atoms with E-state index in [-0.39, 0.29) is 46.2 Å². The molecule has 3 saturated carbocycles. The number of furan rings is 1. The molecule has 3 fully saturated rings. The molecule has 4 aliphatic rings. The second-order valence-corrected chi connectivity index (χ2v) is 13.9. The van der Waals surface area contributed by atoms with E-state index < -0.39 is 23.1 Å². The molecule has 9 heteroatoms. The number of aromatic nitrogens is 1. The zero-order chi connectivity index (χ0) is 29.3. The van der Waals surface area contributed by atoms with Gasteiger partial charge in [0.2, 0.25) is 5.76 Å². The Labute approximate surface area is 248 Å². The van der Waals surface area contributed by atoms with Crippen LogP contribution < -0.4 is 0 Å². The maximum Gasteiger partial charge on any atom is 0.375 e. The summed E-state index contributed by atoms with van der Waals surface area (Å²) in [6.45, 7) is 4.23. The number of fused-ring (bicyclic) bond motifs is 6. The van der Waals surface area contributed by atoms with E-state index in [0.717, 1.165) is 24.8 Å². The van der Waals surface area contributed by atoms with Gasteiger partial charge in [0.15, 0.2) is 22.8 Å². The van der Waals surface area contributed by atoms with E-state index >= 15 is 0 Å². The lowest BCUT2D eigenvalue weighted by molar-refractivity contribution is -0.180. The largest absolute Gasteiger partial charge is 0.457 e. The number of para-hydroxylation sites is 2. The zero-order valence-electron chi connectivity index (χ0n) is 23.8. The average Bonchev–Trinajstić information content (AvgIpc) is 3.70. The lowest BCUT2D eigenvalue weighted by Crippen LogP contribution is -2.63. The van der Waals surface area contributed by atoms with Crippen LogP contribution in [0.3, 0.4) is 0 Å². The van der Waals surface area contributed by atoms with Crippen molar-refractivity contribution < 1.29 is 33.1 Å². The predicted molar refractivity (Wildman–Crippen MR) is 155 cm³/mol. The summed E-state index contributed by atoms with van der Waals surface area (Å²) in [5.74, 6) is -0.451. The first-order chi connectivity index (χ1) is 20.1. The molecule has 0 radical (unpaired) electrons. The predicted octanol–water partition coefficient (Wildman–Crippen LogP) is 6.18. The summed E-state index contributed by atoms with van der Waals surface area (Å²) in [6.07, 6.45) is 6.82. The second-order valence-electron chi connectivity index (χ2n) is 13.0. The minimum atomic E-state index is -1.44. The molecule has 2 aromatic heterocycles. The van der Waals surface area contributed by atoms with E-state index in [1.54, 1.807) is 6.07 Å². The SMILES string of the molecule is CC12CCC(=O)C=C1CCC1C2C(O)CC2(C)C1CC[C@]2(OC(=O)c1ccco1)C(=O)CSc1nc2ccccc2o1. The number of benzene rings is 1. The highest BCUT2D eigenvalue weighted by Crippen LogP contribution is 2.68. The van der Waals surface area contributed by atoms with Crippen molar-refractivity contribution in [2.75, 3.05) is 5.75 Å². The lowest BCUT2D eigenvalue weighted by atomic mass is 9.45. The van der Waals surface area contributed by atoms with Crippen molar-refractivity contribution in [1.82, 2.24) is 4.98 Å². The molecule has 7 rings (SSSR count). The Kier molecular flexibility index (Phi) is 6.55. The zero-order valence-corrected chi connectivity index (χ0v) is 24.7. The normalized spacial score (nSPS) is 35.7. The molecule has 2 heterocycles. The van der Waals surface area contributed by atoms with Crippen LogP contribution in [0.2, 0.25) is 0 Å². The molecule has 6 unspecified atom stereocenters. The fourth-order valence-corrected chi connectivity index (χ4v) is 9.92. The average molecular weight is 590 g/mol. The molecule has 0 saturated heterocycles. The van der Waals surface area contributed by atoms with Gasteiger partial charge in [-0.3, -0.25) is 9.59 Å². The van der Waals surface area contributed by atoms with Crippen molar-refractivity contribution in [3.63, 3.8) is 0 Å². The number of carbonyl (C=O) groups excluding carboxylic acids is 3. The topological polar surface area (TPSA) is 120 Å². The molecule has 3 aromatic rings. The number of allylic oxidation sites excluding steroid dienone is 1. The van der Waals surface area contributed by atoms with Crippen LogP contribution >= 0.6 is 11.8 Å². The number of oxazole rings is 1. The molecule has 0 aliphatic heterocycles. The van der Waals surface area contributed by atoms with Crippen molar-refractivity contribution in [3.8, 4) is 0 Å². The number of rotatable bonds is 6. The smallest absolute Gasteiger partial charge is 0.375 e. The Hall–Kier alpha value is -3.17. The summed E-state index contributed by atoms with van der Waals surface area (Å²) >= 11 is 1.20. The molecule has 4 aliphatic carbocycles. The molecular formula is C33H35NO7S. The standard InChI is InChI=1S/C33H35NO7S/c1-31-13-11-20(35)16-19(31)9-10-21-22-12-14-33(32(22,2)17-24(36)28(21)31,41-29(38)26-8-5-15-39-26)27(37)18-42-30-34-23-6-3-4-7-25(23)40-30/h3-8,15-16,21-22,24,28,36H,9-14,17-18H2,1-2H3/t21?,22?,24?,28?,31?,32?,33-/m0/s1. The molecule has 1 N–H and O–H groups in total. The van der Waals surface area contributed by atoms with Crippen molar-refractivity contribution >= 4 is 40.4 Å². The molecule has 0 amide bonds. The first kappa shape index (κ1) is 27.7. The number of thioether (sulfide) groups is 1. The number of aliphatic hydroxyl groups excluding tert-OH is 1. The van der Waals surface area contributed by atoms with Gasteiger partial charge < -0.3 is 18.7 Å². The second kappa shape index (κ2) is 9.95. The number of carbonyl (C=O) groups is 3. The molecule has 1 aromatic carbocycles. The Morgan fingerprint density at radius 2 is 1.95 bits per heavy atom. The molecule has 42 heavy (non-hydrogen) atoms. The molecule has 0 spiro atoms. The molecular weight excluding hydrogens is 554 g/mol. The first-order valence-corrected chi connectivity index (χ1v) is 15.8. The fraction of sp³-hybridized carbons (Fsp3) is 0.515. The van der Waals surface area contributed by atoms with Gasteiger partial charge in [0.05, 0.1) is 18.1 Å². The number of hydrogen-bond donors (Lipinski definition) is 1. The number of hydrogen-bond acceptors (Lipinski definition) is 9. The Morgan fingerprint density at radius 1 is 1.12 bits per heavy atom. The highest BCUT2D eigenvalue weighted by molar-refractivity contribution is 7.99. The number of esters is 1. The van der Waals surface area contributed by atoms with E-state index in [2.05, 4.69) is 11.9 Å². The first-order valence-electron chi connectivity index (χ1n) is 14.9. The highest BCUT2D eigenvalue weighted by Gasteiger charge is 2.70. The van der Waals surface area contributed by atoms with Gasteiger partial charge in [-0.1, -0.05) is 43.3 Å². The van der Waals surface area contributed by atoms with E-state index in [1.165, 1.54) is 24.1 Å². The summed E-state index contributed by atoms with van der Waals surface area (Å²) in [6, 6.07) is 10.6. The summed E-state index contributed by atoms with van der Waals surface area (Å²) < 4.78 is 17.5. The van der Waals surface area contributed by atoms with Crippen LogP contribution in [-0.4, -0.2) is 45.1 Å². The summed E-state index contributed by atoms with van der Waals surface area (Å²) in [5, 5.41) is 12.3. The van der Waals surface area contributed by atoms with Gasteiger partial charge in [0.25, 0.3) is 5.22 Å². The number of ether oxygens (including phenoxy) is 1. The molecule has 8 nitrogen and oxygen atoms in total. The van der Waals surface area contributed by atoms with Gasteiger partial charge in [-0.2, -0.15) is 0 Å². The van der Waals surface area contributed by atoms with Gasteiger partial charge in [0, 0.05) is 11.8 Å². The number of aliphatic hydroxyl groups is 1. The molecule has 7 atom stereocenters. The van der Waals surface area contributed by atoms with Gasteiger partial charge >= 0.3 is 5.97 Å². The third-order valence-electron chi connectivity index (χ3n) is 11.1. The van der Waals surface area contributed by atoms with E-state index in [1.807, 2.05) is 37.3 Å². The van der Waals surface area contributed by atoms with Gasteiger partial charge in [-0.15, -0.1) is 0 Å². The number of nitrogens with zero attached hydrogens (tertiary/aromatic N) is 1. The van der Waals surface area contributed by atoms with Crippen LogP contribution in [0.4, 0.5) is 0 Å². The quantitative estimate of drug-likeness (QED) is 0.265. The van der Waals surface area contributed by atoms with Gasteiger partial charge in [-0.25, -0.2) is 9.78 Å². The lowest BCUT2D eigenvalue weighted by Gasteiger charge is -2.60. The summed E-state index contributed by atoms with van der Waals surface area (Å²) in [7, 11) is 0. The van der Waals surface area contributed by atoms with Crippen LogP contribution in [0.15, 0.2) is 68.4 Å². The van der Waals surface area contributed by atoms with Crippen molar-refractivity contribution in [2.45, 2.75) is 75.7 Å². The Balaban J connectivity index is 1.22. The molecule has 220 valence electrons. The van der Waals surface area contributed by atoms with Crippen LogP contribution in [0, 0.1) is 28.6 Å². The van der Waals surface area contributed by atoms with Crippen molar-refractivity contribution in [3.05, 3.63) is 60.1 Å². The van der Waals surface area contributed by atoms with Crippen LogP contribution in [0.1, 0.15) is 69.3 Å². The van der Waals surface area contributed by atoms with E-state index in [0.29, 0.717) is 42.0 Å². The molecule has 0 bridgehead atoms. The summed E-state index contributed by atoms with van der Waals surface area (Å²) in [5.41, 5.74) is 0.0411. The minimum Gasteiger partial charge on any atom is -0.457 e. The monoisotopic (exact) mass is 589 g/mol. The van der Waals surface area contributed by atoms with Gasteiger partial charge in [0.1, 0.15) is 5.52 Å². The van der Waals surface area contributed by atoms with Crippen molar-refractivity contribution in [1.29, 1.82) is 0 Å². The van der Waals surface area contributed by atoms with Crippen LogP contribution in [0.5, 0.6) is 0 Å². The number of ketones is 2. The van der Waals surface area contributed by atoms with Crippen LogP contribution in [0.25, 0.3) is 11.1 Å². The maximum absolute atomic E-state index is 14.4. The van der Waals surface area contributed by atoms with E-state index in [4.69, 9.17) is 13.6 Å². The Bertz CT molecular complexity index is 1560. The summed E-state index contributed by atoms with van der Waals surface area (Å²) in [4.78, 5) is 44.6. The van der Waals surface area contributed by atoms with Crippen molar-refractivity contribution in [2.24, 2.45) is 28.6 Å². The van der Waals surface area contributed by atoms with E-state index in [9.17, 15) is 19.5 Å². The third-order valence-corrected chi connectivity index (χ3v) is 11.9. The van der Waals surface area contributed by atoms with Gasteiger partial charge in [-0.05, 0) is 92.0 Å². The maximum atomic E-state index is 14.4. The third kappa shape index (κ3) is 4.07. The number of Topliss-reactive ketones (excluding diaryl/α,β-unsaturated/α-hetero) is 1. The Morgan fingerprint density at radius 3 is 2.74 bits per heavy atom.